The Bertz CT molecular complexity index is 281. The molecule has 80 valence electrons. The number of rotatable bonds is 4. The zero-order valence-electron chi connectivity index (χ0n) is 7.50. The van der Waals surface area contributed by atoms with Crippen molar-refractivity contribution in [3.63, 3.8) is 0 Å². The topological polar surface area (TPSA) is 35.2 Å². The fourth-order valence-corrected chi connectivity index (χ4v) is 1.32. The Kier molecular flexibility index (Phi) is 7.11. The van der Waals surface area contributed by atoms with Gasteiger partial charge in [-0.15, -0.1) is 12.4 Å². The molecular formula is C9H12Cl3NO. The third kappa shape index (κ3) is 4.38. The third-order valence-corrected chi connectivity index (χ3v) is 2.03. The van der Waals surface area contributed by atoms with E-state index in [9.17, 15) is 0 Å². The molecule has 0 saturated heterocycles. The Morgan fingerprint density at radius 2 is 2.00 bits per heavy atom. The summed E-state index contributed by atoms with van der Waals surface area (Å²) in [5.41, 5.74) is 5.32. The largest absolute Gasteiger partial charge is 0.492 e. The minimum atomic E-state index is 0. The van der Waals surface area contributed by atoms with E-state index in [-0.39, 0.29) is 12.4 Å². The van der Waals surface area contributed by atoms with Crippen LogP contribution in [0.25, 0.3) is 0 Å². The lowest BCUT2D eigenvalue weighted by Crippen LogP contribution is -2.06. The lowest BCUT2D eigenvalue weighted by Gasteiger charge is -2.06. The van der Waals surface area contributed by atoms with Gasteiger partial charge in [-0.05, 0) is 31.2 Å². The molecule has 0 spiro atoms. The summed E-state index contributed by atoms with van der Waals surface area (Å²) in [6, 6.07) is 5.15. The van der Waals surface area contributed by atoms with Gasteiger partial charge in [-0.3, -0.25) is 0 Å². The van der Waals surface area contributed by atoms with Crippen LogP contribution in [0, 0.1) is 0 Å². The minimum Gasteiger partial charge on any atom is -0.492 e. The zero-order chi connectivity index (χ0) is 9.68. The predicted molar refractivity (Wildman–Crippen MR) is 62.9 cm³/mol. The Morgan fingerprint density at radius 3 is 2.57 bits per heavy atom. The van der Waals surface area contributed by atoms with E-state index in [2.05, 4.69) is 0 Å². The number of benzene rings is 1. The molecule has 0 radical (unpaired) electrons. The molecular weight excluding hydrogens is 244 g/mol. The molecule has 0 heterocycles. The van der Waals surface area contributed by atoms with Gasteiger partial charge in [0.2, 0.25) is 0 Å². The van der Waals surface area contributed by atoms with Gasteiger partial charge in [0.15, 0.2) is 0 Å². The maximum atomic E-state index is 5.87. The maximum absolute atomic E-state index is 5.87. The molecule has 0 aliphatic heterocycles. The van der Waals surface area contributed by atoms with Crippen molar-refractivity contribution < 1.29 is 4.74 Å². The molecule has 0 fully saturated rings. The normalized spacial score (nSPS) is 9.36. The van der Waals surface area contributed by atoms with Crippen molar-refractivity contribution in [3.8, 4) is 5.75 Å². The average Bonchev–Trinajstić information content (AvgIpc) is 2.09. The molecule has 0 aliphatic rings. The summed E-state index contributed by atoms with van der Waals surface area (Å²) < 4.78 is 5.36. The SMILES string of the molecule is Cl.NCCCOc1ccc(Cl)cc1Cl. The van der Waals surface area contributed by atoms with Crippen molar-refractivity contribution in [3.05, 3.63) is 28.2 Å². The number of hydrogen-bond donors (Lipinski definition) is 1. The third-order valence-electron chi connectivity index (χ3n) is 1.50. The molecule has 0 amide bonds. The summed E-state index contributed by atoms with van der Waals surface area (Å²) in [7, 11) is 0. The maximum Gasteiger partial charge on any atom is 0.137 e. The van der Waals surface area contributed by atoms with Gasteiger partial charge < -0.3 is 10.5 Å². The van der Waals surface area contributed by atoms with Crippen LogP contribution in [-0.4, -0.2) is 13.2 Å². The standard InChI is InChI=1S/C9H11Cl2NO.ClH/c10-7-2-3-9(8(11)6-7)13-5-1-4-12;/h2-3,6H,1,4-5,12H2;1H. The first-order valence-corrected chi connectivity index (χ1v) is 4.77. The van der Waals surface area contributed by atoms with Crippen LogP contribution in [0.3, 0.4) is 0 Å². The zero-order valence-corrected chi connectivity index (χ0v) is 9.83. The molecule has 2 N–H and O–H groups in total. The number of halogens is 3. The van der Waals surface area contributed by atoms with Gasteiger partial charge in [-0.2, -0.15) is 0 Å². The summed E-state index contributed by atoms with van der Waals surface area (Å²) in [4.78, 5) is 0. The fraction of sp³-hybridized carbons (Fsp3) is 0.333. The molecule has 2 nitrogen and oxygen atoms in total. The van der Waals surface area contributed by atoms with Gasteiger partial charge in [-0.1, -0.05) is 23.2 Å². The smallest absolute Gasteiger partial charge is 0.137 e. The van der Waals surface area contributed by atoms with Crippen LogP contribution in [0.4, 0.5) is 0 Å². The van der Waals surface area contributed by atoms with Crippen LogP contribution in [0.2, 0.25) is 10.0 Å². The first-order valence-electron chi connectivity index (χ1n) is 4.02. The Hall–Kier alpha value is -0.150. The molecule has 1 aromatic rings. The molecule has 1 rings (SSSR count). The molecule has 0 saturated carbocycles. The number of hydrogen-bond acceptors (Lipinski definition) is 2. The van der Waals surface area contributed by atoms with Crippen LogP contribution in [0.1, 0.15) is 6.42 Å². The second-order valence-corrected chi connectivity index (χ2v) is 3.41. The van der Waals surface area contributed by atoms with E-state index in [1.807, 2.05) is 0 Å². The fourth-order valence-electron chi connectivity index (χ4n) is 0.858. The van der Waals surface area contributed by atoms with Crippen molar-refractivity contribution in [2.45, 2.75) is 6.42 Å². The summed E-state index contributed by atoms with van der Waals surface area (Å²) in [5, 5.41) is 1.14. The monoisotopic (exact) mass is 255 g/mol. The van der Waals surface area contributed by atoms with Gasteiger partial charge in [0.1, 0.15) is 5.75 Å². The van der Waals surface area contributed by atoms with Crippen molar-refractivity contribution in [2.24, 2.45) is 5.73 Å². The first-order chi connectivity index (χ1) is 6.24. The molecule has 0 bridgehead atoms. The van der Waals surface area contributed by atoms with Crippen molar-refractivity contribution in [2.75, 3.05) is 13.2 Å². The van der Waals surface area contributed by atoms with Crippen LogP contribution < -0.4 is 10.5 Å². The van der Waals surface area contributed by atoms with Gasteiger partial charge >= 0.3 is 0 Å². The summed E-state index contributed by atoms with van der Waals surface area (Å²) in [6.07, 6.45) is 0.818. The van der Waals surface area contributed by atoms with E-state index in [1.165, 1.54) is 0 Å². The van der Waals surface area contributed by atoms with Crippen molar-refractivity contribution in [1.29, 1.82) is 0 Å². The average molecular weight is 257 g/mol. The highest BCUT2D eigenvalue weighted by Gasteiger charge is 2.00. The van der Waals surface area contributed by atoms with Crippen LogP contribution in [0.5, 0.6) is 5.75 Å². The summed E-state index contributed by atoms with van der Waals surface area (Å²) in [5.74, 6) is 0.652. The van der Waals surface area contributed by atoms with Crippen molar-refractivity contribution in [1.82, 2.24) is 0 Å². The first kappa shape index (κ1) is 13.8. The highest BCUT2D eigenvalue weighted by molar-refractivity contribution is 6.35. The van der Waals surface area contributed by atoms with Crippen LogP contribution >= 0.6 is 35.6 Å². The van der Waals surface area contributed by atoms with E-state index < -0.39 is 0 Å². The van der Waals surface area contributed by atoms with Gasteiger partial charge in [0.25, 0.3) is 0 Å². The molecule has 0 atom stereocenters. The quantitative estimate of drug-likeness (QED) is 0.840. The molecule has 0 unspecified atom stereocenters. The molecule has 1 aromatic carbocycles. The second-order valence-electron chi connectivity index (χ2n) is 2.57. The highest BCUT2D eigenvalue weighted by atomic mass is 35.5. The van der Waals surface area contributed by atoms with Crippen molar-refractivity contribution >= 4 is 35.6 Å². The number of ether oxygens (including phenoxy) is 1. The Morgan fingerprint density at radius 1 is 1.29 bits per heavy atom. The Labute approximate surface area is 99.7 Å². The lowest BCUT2D eigenvalue weighted by molar-refractivity contribution is 0.313. The summed E-state index contributed by atoms with van der Waals surface area (Å²) in [6.45, 7) is 1.20. The molecule has 14 heavy (non-hydrogen) atoms. The Balaban J connectivity index is 0.00000169. The van der Waals surface area contributed by atoms with E-state index >= 15 is 0 Å². The molecule has 0 aromatic heterocycles. The van der Waals surface area contributed by atoms with E-state index in [0.29, 0.717) is 28.9 Å². The van der Waals surface area contributed by atoms with E-state index in [1.54, 1.807) is 18.2 Å². The van der Waals surface area contributed by atoms with E-state index in [0.717, 1.165) is 6.42 Å². The molecule has 0 aliphatic carbocycles. The highest BCUT2D eigenvalue weighted by Crippen LogP contribution is 2.27. The van der Waals surface area contributed by atoms with Crippen LogP contribution in [0.15, 0.2) is 18.2 Å². The number of nitrogens with two attached hydrogens (primary N) is 1. The van der Waals surface area contributed by atoms with E-state index in [4.69, 9.17) is 33.7 Å². The minimum absolute atomic E-state index is 0. The van der Waals surface area contributed by atoms with Gasteiger partial charge in [0, 0.05) is 5.02 Å². The summed E-state index contributed by atoms with van der Waals surface area (Å²) >= 11 is 11.6. The molecule has 5 heteroatoms. The van der Waals surface area contributed by atoms with Gasteiger partial charge in [0.05, 0.1) is 11.6 Å². The second kappa shape index (κ2) is 7.18. The predicted octanol–water partition coefficient (Wildman–Crippen LogP) is 3.14. The lowest BCUT2D eigenvalue weighted by atomic mass is 10.3. The van der Waals surface area contributed by atoms with Crippen LogP contribution in [-0.2, 0) is 0 Å². The van der Waals surface area contributed by atoms with Gasteiger partial charge in [-0.25, -0.2) is 0 Å².